The van der Waals surface area contributed by atoms with Crippen molar-refractivity contribution in [1.29, 1.82) is 0 Å². The van der Waals surface area contributed by atoms with Crippen LogP contribution in [0.25, 0.3) is 0 Å². The number of nitrogens with zero attached hydrogens (tertiary/aromatic N) is 2. The maximum Gasteiger partial charge on any atom is 0.124 e. The summed E-state index contributed by atoms with van der Waals surface area (Å²) in [6, 6.07) is 4.41. The Morgan fingerprint density at radius 1 is 1.41 bits per heavy atom. The minimum absolute atomic E-state index is 0.317. The van der Waals surface area contributed by atoms with Crippen molar-refractivity contribution in [2.45, 2.75) is 13.1 Å². The number of hydrogen-bond acceptors (Lipinski definition) is 2. The molecule has 0 spiro atoms. The zero-order valence-electron chi connectivity index (χ0n) is 9.45. The molecule has 1 heterocycles. The van der Waals surface area contributed by atoms with Crippen molar-refractivity contribution in [1.82, 2.24) is 14.9 Å². The molecular formula is C12H13ClFN3. The Hall–Kier alpha value is -1.39. The zero-order chi connectivity index (χ0) is 12.3. The minimum atomic E-state index is -0.317. The number of aromatic nitrogens is 2. The number of nitrogens with one attached hydrogen (secondary N) is 1. The summed E-state index contributed by atoms with van der Waals surface area (Å²) < 4.78 is 14.8. The van der Waals surface area contributed by atoms with Gasteiger partial charge in [-0.2, -0.15) is 0 Å². The van der Waals surface area contributed by atoms with Crippen molar-refractivity contribution in [2.75, 3.05) is 0 Å². The summed E-state index contributed by atoms with van der Waals surface area (Å²) in [7, 11) is 1.94. The summed E-state index contributed by atoms with van der Waals surface area (Å²) in [4.78, 5) is 4.19. The summed E-state index contributed by atoms with van der Waals surface area (Å²) in [5.41, 5.74) is 0.877. The lowest BCUT2D eigenvalue weighted by molar-refractivity contribution is 0.620. The van der Waals surface area contributed by atoms with Gasteiger partial charge in [-0.3, -0.25) is 0 Å². The fourth-order valence-electron chi connectivity index (χ4n) is 1.54. The van der Waals surface area contributed by atoms with Crippen LogP contribution in [0.2, 0.25) is 5.02 Å². The average molecular weight is 254 g/mol. The SMILES string of the molecule is Cn1ccnc1CNCc1ccc(F)cc1Cl. The second-order valence-corrected chi connectivity index (χ2v) is 4.20. The highest BCUT2D eigenvalue weighted by atomic mass is 35.5. The van der Waals surface area contributed by atoms with E-state index in [1.165, 1.54) is 12.1 Å². The number of halogens is 2. The Labute approximate surface area is 104 Å². The summed E-state index contributed by atoms with van der Waals surface area (Å²) in [5, 5.41) is 3.66. The molecule has 0 aliphatic heterocycles. The van der Waals surface area contributed by atoms with E-state index in [-0.39, 0.29) is 5.82 Å². The quantitative estimate of drug-likeness (QED) is 0.907. The summed E-state index contributed by atoms with van der Waals surface area (Å²) in [6.07, 6.45) is 3.64. The maximum absolute atomic E-state index is 12.8. The highest BCUT2D eigenvalue weighted by Crippen LogP contribution is 2.16. The smallest absolute Gasteiger partial charge is 0.124 e. The van der Waals surface area contributed by atoms with E-state index in [0.29, 0.717) is 18.1 Å². The predicted molar refractivity (Wildman–Crippen MR) is 65.2 cm³/mol. The Morgan fingerprint density at radius 2 is 2.24 bits per heavy atom. The second kappa shape index (κ2) is 5.29. The van der Waals surface area contributed by atoms with Gasteiger partial charge in [-0.15, -0.1) is 0 Å². The van der Waals surface area contributed by atoms with E-state index in [1.54, 1.807) is 12.3 Å². The number of aryl methyl sites for hydroxylation is 1. The molecule has 1 aromatic heterocycles. The molecule has 2 rings (SSSR count). The molecule has 1 N–H and O–H groups in total. The van der Waals surface area contributed by atoms with Crippen LogP contribution < -0.4 is 5.32 Å². The van der Waals surface area contributed by atoms with Crippen LogP contribution in [0.5, 0.6) is 0 Å². The molecule has 0 saturated carbocycles. The molecule has 0 aliphatic rings. The third-order valence-corrected chi connectivity index (χ3v) is 2.89. The molecule has 0 amide bonds. The molecule has 0 saturated heterocycles. The molecule has 0 unspecified atom stereocenters. The van der Waals surface area contributed by atoms with Crippen molar-refractivity contribution in [3.8, 4) is 0 Å². The van der Waals surface area contributed by atoms with Crippen molar-refractivity contribution in [2.24, 2.45) is 7.05 Å². The molecule has 5 heteroatoms. The van der Waals surface area contributed by atoms with Crippen LogP contribution in [0.15, 0.2) is 30.6 Å². The average Bonchev–Trinajstić information content (AvgIpc) is 2.68. The van der Waals surface area contributed by atoms with Gasteiger partial charge in [0.25, 0.3) is 0 Å². The van der Waals surface area contributed by atoms with Crippen LogP contribution in [-0.2, 0) is 20.1 Å². The molecule has 90 valence electrons. The van der Waals surface area contributed by atoms with Gasteiger partial charge in [0.15, 0.2) is 0 Å². The van der Waals surface area contributed by atoms with E-state index in [0.717, 1.165) is 11.4 Å². The Morgan fingerprint density at radius 3 is 2.88 bits per heavy atom. The lowest BCUT2D eigenvalue weighted by Crippen LogP contribution is -2.15. The third-order valence-electron chi connectivity index (χ3n) is 2.53. The van der Waals surface area contributed by atoms with E-state index in [2.05, 4.69) is 10.3 Å². The first kappa shape index (κ1) is 12.1. The highest BCUT2D eigenvalue weighted by Gasteiger charge is 2.03. The first-order valence-corrected chi connectivity index (χ1v) is 5.65. The lowest BCUT2D eigenvalue weighted by atomic mass is 10.2. The predicted octanol–water partition coefficient (Wildman–Crippen LogP) is 2.50. The van der Waals surface area contributed by atoms with Crippen LogP contribution in [0, 0.1) is 5.82 Å². The van der Waals surface area contributed by atoms with Gasteiger partial charge >= 0.3 is 0 Å². The fraction of sp³-hybridized carbons (Fsp3) is 0.250. The minimum Gasteiger partial charge on any atom is -0.337 e. The maximum atomic E-state index is 12.8. The lowest BCUT2D eigenvalue weighted by Gasteiger charge is -2.06. The van der Waals surface area contributed by atoms with Crippen LogP contribution in [0.3, 0.4) is 0 Å². The van der Waals surface area contributed by atoms with E-state index in [1.807, 2.05) is 17.8 Å². The van der Waals surface area contributed by atoms with E-state index in [4.69, 9.17) is 11.6 Å². The van der Waals surface area contributed by atoms with Crippen molar-refractivity contribution >= 4 is 11.6 Å². The molecule has 0 radical (unpaired) electrons. The van der Waals surface area contributed by atoms with Crippen LogP contribution in [0.1, 0.15) is 11.4 Å². The molecule has 0 bridgehead atoms. The first-order chi connectivity index (χ1) is 8.16. The van der Waals surface area contributed by atoms with Gasteiger partial charge in [0.2, 0.25) is 0 Å². The second-order valence-electron chi connectivity index (χ2n) is 3.79. The molecular weight excluding hydrogens is 241 g/mol. The molecule has 0 fully saturated rings. The Bertz CT molecular complexity index is 510. The molecule has 17 heavy (non-hydrogen) atoms. The van der Waals surface area contributed by atoms with Gasteiger partial charge in [-0.05, 0) is 17.7 Å². The van der Waals surface area contributed by atoms with Crippen LogP contribution >= 0.6 is 11.6 Å². The summed E-state index contributed by atoms with van der Waals surface area (Å²) in [5.74, 6) is 0.631. The monoisotopic (exact) mass is 253 g/mol. The van der Waals surface area contributed by atoms with Gasteiger partial charge in [0, 0.05) is 31.0 Å². The van der Waals surface area contributed by atoms with Gasteiger partial charge in [-0.1, -0.05) is 17.7 Å². The normalized spacial score (nSPS) is 10.8. The Kier molecular flexibility index (Phi) is 3.76. The first-order valence-electron chi connectivity index (χ1n) is 5.27. The number of imidazole rings is 1. The zero-order valence-corrected chi connectivity index (χ0v) is 10.2. The molecule has 0 aliphatic carbocycles. The summed E-state index contributed by atoms with van der Waals surface area (Å²) in [6.45, 7) is 1.24. The number of benzene rings is 1. The van der Waals surface area contributed by atoms with Crippen LogP contribution in [0.4, 0.5) is 4.39 Å². The van der Waals surface area contributed by atoms with Gasteiger partial charge < -0.3 is 9.88 Å². The highest BCUT2D eigenvalue weighted by molar-refractivity contribution is 6.31. The molecule has 3 nitrogen and oxygen atoms in total. The summed E-state index contributed by atoms with van der Waals surface area (Å²) >= 11 is 5.92. The van der Waals surface area contributed by atoms with E-state index < -0.39 is 0 Å². The van der Waals surface area contributed by atoms with Gasteiger partial charge in [0.05, 0.1) is 6.54 Å². The standard InChI is InChI=1S/C12H13ClFN3/c1-17-5-4-16-12(17)8-15-7-9-2-3-10(14)6-11(9)13/h2-6,15H,7-8H2,1H3. The molecule has 0 atom stereocenters. The van der Waals surface area contributed by atoms with Gasteiger partial charge in [-0.25, -0.2) is 9.37 Å². The largest absolute Gasteiger partial charge is 0.337 e. The van der Waals surface area contributed by atoms with E-state index >= 15 is 0 Å². The van der Waals surface area contributed by atoms with Crippen molar-refractivity contribution in [3.63, 3.8) is 0 Å². The van der Waals surface area contributed by atoms with Crippen LogP contribution in [-0.4, -0.2) is 9.55 Å². The van der Waals surface area contributed by atoms with Crippen molar-refractivity contribution < 1.29 is 4.39 Å². The Balaban J connectivity index is 1.92. The molecule has 1 aromatic carbocycles. The third kappa shape index (κ3) is 3.05. The van der Waals surface area contributed by atoms with E-state index in [9.17, 15) is 4.39 Å². The molecule has 2 aromatic rings. The fourth-order valence-corrected chi connectivity index (χ4v) is 1.77. The topological polar surface area (TPSA) is 29.9 Å². The van der Waals surface area contributed by atoms with Crippen molar-refractivity contribution in [3.05, 3.63) is 52.8 Å². The van der Waals surface area contributed by atoms with Gasteiger partial charge in [0.1, 0.15) is 11.6 Å². The number of hydrogen-bond donors (Lipinski definition) is 1. The number of rotatable bonds is 4.